The summed E-state index contributed by atoms with van der Waals surface area (Å²) >= 11 is 1.99. The highest BCUT2D eigenvalue weighted by Gasteiger charge is 2.52. The number of carbonyl (C=O) groups excluding carboxylic acids is 1. The lowest BCUT2D eigenvalue weighted by molar-refractivity contribution is -0.122. The first-order chi connectivity index (χ1) is 11.6. The van der Waals surface area contributed by atoms with Crippen LogP contribution in [-0.2, 0) is 4.79 Å². The minimum Gasteiger partial charge on any atom is -0.385 e. The summed E-state index contributed by atoms with van der Waals surface area (Å²) < 4.78 is 0. The molecule has 3 unspecified atom stereocenters. The van der Waals surface area contributed by atoms with E-state index < -0.39 is 6.10 Å². The normalized spacial score (nSPS) is 41.0. The van der Waals surface area contributed by atoms with E-state index in [0.717, 1.165) is 18.3 Å². The topological polar surface area (TPSA) is 37.3 Å². The quantitative estimate of drug-likeness (QED) is 0.829. The van der Waals surface area contributed by atoms with Crippen LogP contribution in [0.5, 0.6) is 0 Å². The van der Waals surface area contributed by atoms with Crippen LogP contribution in [0.15, 0.2) is 34.9 Å². The van der Waals surface area contributed by atoms with Crippen molar-refractivity contribution in [2.24, 2.45) is 23.2 Å². The van der Waals surface area contributed by atoms with Crippen LogP contribution in [0.1, 0.15) is 45.4 Å². The Morgan fingerprint density at radius 3 is 2.92 bits per heavy atom. The number of ketones is 1. The first-order valence-corrected chi connectivity index (χ1v) is 10.8. The standard InChI is InChI=1S/C21H28O2S/c1-3-21-9-8-15-16(18(21)7-5-14(21)12-24-2)6-4-13-10-19(22)20(23)11-17(13)15/h8-10,14,16,18,20,23H,3-7,11-12H2,1-2H3/t14?,16-,18+,20?,21?/m1/s1. The third-order valence-electron chi connectivity index (χ3n) is 7.22. The number of aliphatic hydroxyl groups excluding tert-OH is 1. The van der Waals surface area contributed by atoms with E-state index in [2.05, 4.69) is 25.3 Å². The molecule has 0 radical (unpaired) electrons. The molecule has 3 heteroatoms. The predicted octanol–water partition coefficient (Wildman–Crippen LogP) is 4.31. The summed E-state index contributed by atoms with van der Waals surface area (Å²) in [6.45, 7) is 2.37. The van der Waals surface area contributed by atoms with E-state index in [1.165, 1.54) is 48.2 Å². The molecule has 0 spiro atoms. The maximum Gasteiger partial charge on any atom is 0.184 e. The lowest BCUT2D eigenvalue weighted by Crippen LogP contribution is -2.40. The predicted molar refractivity (Wildman–Crippen MR) is 99.9 cm³/mol. The van der Waals surface area contributed by atoms with Gasteiger partial charge in [-0.15, -0.1) is 0 Å². The zero-order valence-corrected chi connectivity index (χ0v) is 15.6. The number of thioether (sulfide) groups is 1. The van der Waals surface area contributed by atoms with Gasteiger partial charge in [-0.1, -0.05) is 19.1 Å². The van der Waals surface area contributed by atoms with Crippen molar-refractivity contribution in [3.63, 3.8) is 0 Å². The molecule has 4 rings (SSSR count). The summed E-state index contributed by atoms with van der Waals surface area (Å²) in [5, 5.41) is 10.0. The van der Waals surface area contributed by atoms with E-state index in [4.69, 9.17) is 0 Å². The Kier molecular flexibility index (Phi) is 4.29. The average Bonchev–Trinajstić information content (AvgIpc) is 2.95. The van der Waals surface area contributed by atoms with Crippen LogP contribution in [0.25, 0.3) is 0 Å². The fourth-order valence-corrected chi connectivity index (χ4v) is 6.93. The SMILES string of the molecule is CCC12C=CC3=C4CC(O)C(=O)C=C4CC[C@H]3[C@@H]1CCC2CSC. The minimum atomic E-state index is -0.825. The molecular weight excluding hydrogens is 316 g/mol. The molecular formula is C21H28O2S. The number of fused-ring (bicyclic) bond motifs is 4. The molecule has 0 aromatic rings. The van der Waals surface area contributed by atoms with Gasteiger partial charge in [0.2, 0.25) is 0 Å². The molecule has 0 aromatic carbocycles. The van der Waals surface area contributed by atoms with Crippen LogP contribution in [0.4, 0.5) is 0 Å². The number of hydrogen-bond donors (Lipinski definition) is 1. The van der Waals surface area contributed by atoms with Crippen molar-refractivity contribution < 1.29 is 9.90 Å². The molecule has 4 aliphatic rings. The van der Waals surface area contributed by atoms with Gasteiger partial charge in [-0.25, -0.2) is 0 Å². The smallest absolute Gasteiger partial charge is 0.184 e. The summed E-state index contributed by atoms with van der Waals surface area (Å²) in [5.41, 5.74) is 4.30. The lowest BCUT2D eigenvalue weighted by Gasteiger charge is -2.47. The molecule has 1 fully saturated rings. The molecule has 0 amide bonds. The van der Waals surface area contributed by atoms with Crippen molar-refractivity contribution in [1.82, 2.24) is 0 Å². The number of aliphatic hydroxyl groups is 1. The van der Waals surface area contributed by atoms with Crippen molar-refractivity contribution in [2.45, 2.75) is 51.6 Å². The lowest BCUT2D eigenvalue weighted by atomic mass is 9.57. The van der Waals surface area contributed by atoms with E-state index in [1.807, 2.05) is 11.8 Å². The van der Waals surface area contributed by atoms with E-state index in [0.29, 0.717) is 17.8 Å². The second-order valence-corrected chi connectivity index (χ2v) is 8.92. The summed E-state index contributed by atoms with van der Waals surface area (Å²) in [4.78, 5) is 11.8. The van der Waals surface area contributed by atoms with Crippen molar-refractivity contribution in [3.8, 4) is 0 Å². The molecule has 4 aliphatic carbocycles. The van der Waals surface area contributed by atoms with Crippen LogP contribution < -0.4 is 0 Å². The molecule has 24 heavy (non-hydrogen) atoms. The molecule has 0 saturated heterocycles. The largest absolute Gasteiger partial charge is 0.385 e. The van der Waals surface area contributed by atoms with Crippen LogP contribution in [0.3, 0.4) is 0 Å². The van der Waals surface area contributed by atoms with Crippen molar-refractivity contribution >= 4 is 17.5 Å². The summed E-state index contributed by atoms with van der Waals surface area (Å²) in [6, 6.07) is 0. The Morgan fingerprint density at radius 2 is 2.17 bits per heavy atom. The molecule has 0 aromatic heterocycles. The van der Waals surface area contributed by atoms with Crippen LogP contribution in [-0.4, -0.2) is 29.0 Å². The van der Waals surface area contributed by atoms with Gasteiger partial charge < -0.3 is 5.11 Å². The van der Waals surface area contributed by atoms with Gasteiger partial charge in [0.05, 0.1) is 0 Å². The maximum atomic E-state index is 11.8. The van der Waals surface area contributed by atoms with Gasteiger partial charge in [0.1, 0.15) is 6.10 Å². The molecule has 1 saturated carbocycles. The van der Waals surface area contributed by atoms with Gasteiger partial charge >= 0.3 is 0 Å². The van der Waals surface area contributed by atoms with Gasteiger partial charge in [0.15, 0.2) is 5.78 Å². The molecule has 130 valence electrons. The van der Waals surface area contributed by atoms with Crippen molar-refractivity contribution in [3.05, 3.63) is 34.9 Å². The average molecular weight is 345 g/mol. The van der Waals surface area contributed by atoms with E-state index in [9.17, 15) is 9.90 Å². The van der Waals surface area contributed by atoms with Gasteiger partial charge in [-0.3, -0.25) is 4.79 Å². The van der Waals surface area contributed by atoms with Gasteiger partial charge in [0, 0.05) is 6.42 Å². The third kappa shape index (κ3) is 2.31. The fraction of sp³-hybridized carbons (Fsp3) is 0.667. The zero-order chi connectivity index (χ0) is 16.9. The van der Waals surface area contributed by atoms with E-state index in [-0.39, 0.29) is 5.78 Å². The number of carbonyl (C=O) groups is 1. The maximum absolute atomic E-state index is 11.8. The Morgan fingerprint density at radius 1 is 1.33 bits per heavy atom. The van der Waals surface area contributed by atoms with Crippen LogP contribution in [0, 0.1) is 23.2 Å². The molecule has 2 nitrogen and oxygen atoms in total. The highest BCUT2D eigenvalue weighted by molar-refractivity contribution is 7.98. The summed E-state index contributed by atoms with van der Waals surface area (Å²) in [6.07, 6.45) is 14.7. The molecule has 0 aliphatic heterocycles. The number of hydrogen-bond acceptors (Lipinski definition) is 3. The summed E-state index contributed by atoms with van der Waals surface area (Å²) in [7, 11) is 0. The first-order valence-electron chi connectivity index (χ1n) is 9.44. The van der Waals surface area contributed by atoms with E-state index in [1.54, 1.807) is 6.08 Å². The summed E-state index contributed by atoms with van der Waals surface area (Å²) in [5.74, 6) is 3.36. The molecule has 0 bridgehead atoms. The van der Waals surface area contributed by atoms with E-state index >= 15 is 0 Å². The highest BCUT2D eigenvalue weighted by atomic mass is 32.2. The molecule has 1 N–H and O–H groups in total. The van der Waals surface area contributed by atoms with Crippen LogP contribution in [0.2, 0.25) is 0 Å². The molecule has 0 heterocycles. The molecule has 5 atom stereocenters. The zero-order valence-electron chi connectivity index (χ0n) is 14.8. The highest BCUT2D eigenvalue weighted by Crippen LogP contribution is 2.61. The monoisotopic (exact) mass is 344 g/mol. The second kappa shape index (κ2) is 6.17. The number of rotatable bonds is 3. The third-order valence-corrected chi connectivity index (χ3v) is 7.95. The van der Waals surface area contributed by atoms with Crippen LogP contribution >= 0.6 is 11.8 Å². The Balaban J connectivity index is 1.77. The minimum absolute atomic E-state index is 0.101. The van der Waals surface area contributed by atoms with Gasteiger partial charge in [-0.2, -0.15) is 11.8 Å². The van der Waals surface area contributed by atoms with Gasteiger partial charge in [-0.05, 0) is 90.1 Å². The van der Waals surface area contributed by atoms with Crippen molar-refractivity contribution in [1.29, 1.82) is 0 Å². The van der Waals surface area contributed by atoms with Crippen molar-refractivity contribution in [2.75, 3.05) is 12.0 Å². The second-order valence-electron chi connectivity index (χ2n) is 8.01. The Labute approximate surface area is 149 Å². The Bertz CT molecular complexity index is 644. The first kappa shape index (κ1) is 16.7. The Hall–Kier alpha value is -0.800. The van der Waals surface area contributed by atoms with Gasteiger partial charge in [0.25, 0.3) is 0 Å². The fourth-order valence-electron chi connectivity index (χ4n) is 6.05. The number of allylic oxidation sites excluding steroid dienone is 4.